The van der Waals surface area contributed by atoms with E-state index in [1.165, 1.54) is 11.1 Å². The first kappa shape index (κ1) is 18.0. The van der Waals surface area contributed by atoms with Gasteiger partial charge in [0.15, 0.2) is 0 Å². The fourth-order valence-corrected chi connectivity index (χ4v) is 3.81. The molecule has 0 aromatic heterocycles. The van der Waals surface area contributed by atoms with Crippen molar-refractivity contribution in [2.75, 3.05) is 44.6 Å². The number of piperazine rings is 1. The Kier molecular flexibility index (Phi) is 5.41. The van der Waals surface area contributed by atoms with Crippen LogP contribution in [-0.2, 0) is 17.8 Å². The molecule has 1 amide bonds. The zero-order valence-corrected chi connectivity index (χ0v) is 15.9. The summed E-state index contributed by atoms with van der Waals surface area (Å²) in [6.45, 7) is 8.08. The van der Waals surface area contributed by atoms with Crippen molar-refractivity contribution >= 4 is 11.6 Å². The molecule has 0 bridgehead atoms. The smallest absolute Gasteiger partial charge is 0.238 e. The maximum absolute atomic E-state index is 12.3. The van der Waals surface area contributed by atoms with Crippen LogP contribution in [-0.4, -0.2) is 55.0 Å². The molecule has 2 aromatic rings. The van der Waals surface area contributed by atoms with Crippen LogP contribution in [0.25, 0.3) is 0 Å². The van der Waals surface area contributed by atoms with Gasteiger partial charge in [-0.15, -0.1) is 0 Å². The van der Waals surface area contributed by atoms with Crippen LogP contribution in [0, 0.1) is 6.92 Å². The van der Waals surface area contributed by atoms with Gasteiger partial charge in [0.05, 0.1) is 13.2 Å². The number of para-hydroxylation sites is 1. The van der Waals surface area contributed by atoms with E-state index in [0.29, 0.717) is 6.54 Å². The molecule has 0 atom stereocenters. The average Bonchev–Trinajstić information content (AvgIpc) is 3.13. The number of amides is 1. The van der Waals surface area contributed by atoms with E-state index in [0.717, 1.165) is 62.8 Å². The minimum atomic E-state index is 0.0661. The Bertz CT molecular complexity index is 813. The number of benzene rings is 2. The number of hydrogen-bond donors (Lipinski definition) is 1. The summed E-state index contributed by atoms with van der Waals surface area (Å²) in [6, 6.07) is 14.5. The summed E-state index contributed by atoms with van der Waals surface area (Å²) in [7, 11) is 0. The zero-order chi connectivity index (χ0) is 18.6. The summed E-state index contributed by atoms with van der Waals surface area (Å²) in [4.78, 5) is 17.0. The van der Waals surface area contributed by atoms with E-state index in [1.807, 2.05) is 31.2 Å². The summed E-state index contributed by atoms with van der Waals surface area (Å²) in [5.74, 6) is 1.11. The number of hydrogen-bond acceptors (Lipinski definition) is 4. The minimum Gasteiger partial charge on any atom is -0.493 e. The molecule has 4 rings (SSSR count). The second-order valence-corrected chi connectivity index (χ2v) is 7.46. The monoisotopic (exact) mass is 365 g/mol. The largest absolute Gasteiger partial charge is 0.493 e. The number of fused-ring (bicyclic) bond motifs is 1. The molecule has 2 aliphatic heterocycles. The number of ether oxygens (including phenoxy) is 1. The van der Waals surface area contributed by atoms with Gasteiger partial charge in [0, 0.05) is 44.8 Å². The summed E-state index contributed by atoms with van der Waals surface area (Å²) < 4.78 is 5.59. The lowest BCUT2D eigenvalue weighted by molar-refractivity contribution is -0.117. The van der Waals surface area contributed by atoms with Gasteiger partial charge in [-0.3, -0.25) is 14.6 Å². The van der Waals surface area contributed by atoms with Crippen LogP contribution < -0.4 is 10.1 Å². The third-order valence-electron chi connectivity index (χ3n) is 5.41. The van der Waals surface area contributed by atoms with Crippen LogP contribution in [0.4, 0.5) is 5.69 Å². The molecule has 142 valence electrons. The van der Waals surface area contributed by atoms with Gasteiger partial charge < -0.3 is 10.1 Å². The van der Waals surface area contributed by atoms with Crippen LogP contribution in [0.3, 0.4) is 0 Å². The Hall–Kier alpha value is -2.37. The molecule has 1 saturated heterocycles. The van der Waals surface area contributed by atoms with E-state index >= 15 is 0 Å². The molecule has 5 nitrogen and oxygen atoms in total. The van der Waals surface area contributed by atoms with Crippen molar-refractivity contribution in [3.05, 3.63) is 59.2 Å². The predicted molar refractivity (Wildman–Crippen MR) is 107 cm³/mol. The minimum absolute atomic E-state index is 0.0661. The van der Waals surface area contributed by atoms with Crippen molar-refractivity contribution in [2.24, 2.45) is 0 Å². The van der Waals surface area contributed by atoms with E-state index in [1.54, 1.807) is 0 Å². The SMILES string of the molecule is Cc1ccccc1NC(=O)CN1CCN(Cc2ccc3c(c2)CCO3)CC1. The summed E-state index contributed by atoms with van der Waals surface area (Å²) in [5, 5.41) is 3.03. The first-order valence-electron chi connectivity index (χ1n) is 9.72. The molecule has 2 aromatic carbocycles. The molecule has 2 aliphatic rings. The molecule has 2 heterocycles. The molecule has 0 aliphatic carbocycles. The fraction of sp³-hybridized carbons (Fsp3) is 0.409. The second-order valence-electron chi connectivity index (χ2n) is 7.46. The van der Waals surface area contributed by atoms with Gasteiger partial charge in [-0.05, 0) is 35.7 Å². The Balaban J connectivity index is 1.24. The van der Waals surface area contributed by atoms with Crippen molar-refractivity contribution in [1.29, 1.82) is 0 Å². The van der Waals surface area contributed by atoms with Crippen molar-refractivity contribution in [3.8, 4) is 5.75 Å². The van der Waals surface area contributed by atoms with Gasteiger partial charge in [0.1, 0.15) is 5.75 Å². The lowest BCUT2D eigenvalue weighted by atomic mass is 10.1. The van der Waals surface area contributed by atoms with E-state index in [-0.39, 0.29) is 5.91 Å². The maximum atomic E-state index is 12.3. The van der Waals surface area contributed by atoms with Crippen LogP contribution in [0.2, 0.25) is 0 Å². The quantitative estimate of drug-likeness (QED) is 0.885. The molecular weight excluding hydrogens is 338 g/mol. The number of carbonyl (C=O) groups excluding carboxylic acids is 1. The number of nitrogens with zero attached hydrogens (tertiary/aromatic N) is 2. The Morgan fingerprint density at radius 2 is 1.85 bits per heavy atom. The van der Waals surface area contributed by atoms with Gasteiger partial charge in [0.2, 0.25) is 5.91 Å². The standard InChI is InChI=1S/C22H27N3O2/c1-17-4-2-3-5-20(17)23-22(26)16-25-11-9-24(10-12-25)15-18-6-7-21-19(14-18)8-13-27-21/h2-7,14H,8-13,15-16H2,1H3,(H,23,26). The molecule has 0 radical (unpaired) electrons. The van der Waals surface area contributed by atoms with Crippen LogP contribution in [0.15, 0.2) is 42.5 Å². The summed E-state index contributed by atoms with van der Waals surface area (Å²) in [6.07, 6.45) is 1.02. The van der Waals surface area contributed by atoms with E-state index in [9.17, 15) is 4.79 Å². The lowest BCUT2D eigenvalue weighted by Crippen LogP contribution is -2.48. The Labute approximate surface area is 160 Å². The average molecular weight is 365 g/mol. The third kappa shape index (κ3) is 4.49. The Morgan fingerprint density at radius 1 is 1.07 bits per heavy atom. The molecular formula is C22H27N3O2. The molecule has 0 unspecified atom stereocenters. The molecule has 1 N–H and O–H groups in total. The first-order valence-corrected chi connectivity index (χ1v) is 9.72. The van der Waals surface area contributed by atoms with Gasteiger partial charge in [-0.25, -0.2) is 0 Å². The van der Waals surface area contributed by atoms with Gasteiger partial charge in [-0.2, -0.15) is 0 Å². The second kappa shape index (κ2) is 8.11. The highest BCUT2D eigenvalue weighted by Gasteiger charge is 2.20. The van der Waals surface area contributed by atoms with Gasteiger partial charge in [0.25, 0.3) is 0 Å². The van der Waals surface area contributed by atoms with Gasteiger partial charge in [-0.1, -0.05) is 30.3 Å². The summed E-state index contributed by atoms with van der Waals surface area (Å²) in [5.41, 5.74) is 4.68. The normalized spacial score (nSPS) is 17.4. The van der Waals surface area contributed by atoms with Crippen molar-refractivity contribution in [2.45, 2.75) is 19.9 Å². The number of aryl methyl sites for hydroxylation is 1. The van der Waals surface area contributed by atoms with Crippen LogP contribution >= 0.6 is 0 Å². The van der Waals surface area contributed by atoms with Crippen LogP contribution in [0.1, 0.15) is 16.7 Å². The fourth-order valence-electron chi connectivity index (χ4n) is 3.81. The molecule has 0 saturated carbocycles. The number of carbonyl (C=O) groups is 1. The highest BCUT2D eigenvalue weighted by Crippen LogP contribution is 2.26. The highest BCUT2D eigenvalue weighted by atomic mass is 16.5. The van der Waals surface area contributed by atoms with E-state index < -0.39 is 0 Å². The molecule has 0 spiro atoms. The topological polar surface area (TPSA) is 44.8 Å². The molecule has 27 heavy (non-hydrogen) atoms. The van der Waals surface area contributed by atoms with Gasteiger partial charge >= 0.3 is 0 Å². The van der Waals surface area contributed by atoms with Crippen molar-refractivity contribution in [3.63, 3.8) is 0 Å². The van der Waals surface area contributed by atoms with Crippen molar-refractivity contribution in [1.82, 2.24) is 9.80 Å². The molecule has 5 heteroatoms. The van der Waals surface area contributed by atoms with E-state index in [2.05, 4.69) is 33.3 Å². The van der Waals surface area contributed by atoms with Crippen LogP contribution in [0.5, 0.6) is 5.75 Å². The predicted octanol–water partition coefficient (Wildman–Crippen LogP) is 2.69. The first-order chi connectivity index (χ1) is 13.2. The lowest BCUT2D eigenvalue weighted by Gasteiger charge is -2.34. The third-order valence-corrected chi connectivity index (χ3v) is 5.41. The summed E-state index contributed by atoms with van der Waals surface area (Å²) >= 11 is 0. The Morgan fingerprint density at radius 3 is 2.67 bits per heavy atom. The van der Waals surface area contributed by atoms with E-state index in [4.69, 9.17) is 4.74 Å². The number of nitrogens with one attached hydrogen (secondary N) is 1. The zero-order valence-electron chi connectivity index (χ0n) is 15.9. The maximum Gasteiger partial charge on any atom is 0.238 e. The molecule has 1 fully saturated rings. The number of anilines is 1. The van der Waals surface area contributed by atoms with Crippen molar-refractivity contribution < 1.29 is 9.53 Å². The number of rotatable bonds is 5. The highest BCUT2D eigenvalue weighted by molar-refractivity contribution is 5.92.